The highest BCUT2D eigenvalue weighted by Gasteiger charge is 2.24. The number of anilines is 3. The second kappa shape index (κ2) is 4.03. The van der Waals surface area contributed by atoms with Gasteiger partial charge >= 0.3 is 0 Å². The van der Waals surface area contributed by atoms with E-state index in [1.54, 1.807) is 0 Å². The topological polar surface area (TPSA) is 46.0 Å². The molecule has 0 saturated carbocycles. The molecule has 0 amide bonds. The Balaban J connectivity index is 1.83. The maximum Gasteiger partial charge on any atom is 0.235 e. The van der Waals surface area contributed by atoms with Gasteiger partial charge in [-0.2, -0.15) is 9.97 Å². The van der Waals surface area contributed by atoms with Crippen LogP contribution in [0.4, 0.5) is 17.6 Å². The zero-order chi connectivity index (χ0) is 12.8. The third-order valence-electron chi connectivity index (χ3n) is 3.64. The molecule has 0 radical (unpaired) electrons. The third-order valence-corrected chi connectivity index (χ3v) is 3.95. The molecule has 2 aromatic rings. The molecule has 0 saturated heterocycles. The van der Waals surface area contributed by atoms with Crippen LogP contribution in [0.3, 0.4) is 0 Å². The van der Waals surface area contributed by atoms with E-state index in [0.717, 1.165) is 32.0 Å². The van der Waals surface area contributed by atoms with Crippen LogP contribution in [0.5, 0.6) is 0 Å². The summed E-state index contributed by atoms with van der Waals surface area (Å²) in [5.41, 5.74) is 2.54. The predicted molar refractivity (Wildman–Crippen MR) is 76.5 cm³/mol. The summed E-state index contributed by atoms with van der Waals surface area (Å²) in [6, 6.07) is 8.39. The number of hydrogen-bond acceptors (Lipinski definition) is 5. The smallest absolute Gasteiger partial charge is 0.235 e. The first-order valence-electron chi connectivity index (χ1n) is 6.41. The molecule has 4 rings (SSSR count). The molecule has 1 aromatic heterocycles. The highest BCUT2D eigenvalue weighted by molar-refractivity contribution is 7.71. The van der Waals surface area contributed by atoms with Gasteiger partial charge in [0.2, 0.25) is 16.7 Å². The second-order valence-corrected chi connectivity index (χ2v) is 5.10. The minimum absolute atomic E-state index is 0.606. The molecule has 0 fully saturated rings. The molecular formula is C13H13N5S. The van der Waals surface area contributed by atoms with Crippen molar-refractivity contribution in [3.8, 4) is 0 Å². The molecular weight excluding hydrogens is 258 g/mol. The van der Waals surface area contributed by atoms with Crippen LogP contribution in [0, 0.1) is 4.77 Å². The number of aromatic nitrogens is 3. The molecule has 1 aromatic carbocycles. The van der Waals surface area contributed by atoms with Gasteiger partial charge < -0.3 is 10.2 Å². The second-order valence-electron chi connectivity index (χ2n) is 4.74. The lowest BCUT2D eigenvalue weighted by molar-refractivity contribution is 0.745. The Bertz CT molecular complexity index is 708. The summed E-state index contributed by atoms with van der Waals surface area (Å²) in [4.78, 5) is 11.2. The molecule has 3 heterocycles. The largest absolute Gasteiger partial charge is 0.354 e. The van der Waals surface area contributed by atoms with Crippen LogP contribution in [0.15, 0.2) is 24.3 Å². The first-order chi connectivity index (χ1) is 9.33. The van der Waals surface area contributed by atoms with Crippen molar-refractivity contribution in [3.63, 3.8) is 0 Å². The first kappa shape index (κ1) is 10.9. The molecule has 0 bridgehead atoms. The molecule has 6 heteroatoms. The van der Waals surface area contributed by atoms with E-state index >= 15 is 0 Å². The zero-order valence-electron chi connectivity index (χ0n) is 10.3. The summed E-state index contributed by atoms with van der Waals surface area (Å²) in [7, 11) is 0. The minimum Gasteiger partial charge on any atom is -0.354 e. The summed E-state index contributed by atoms with van der Waals surface area (Å²) in [5.74, 6) is 1.54. The first-order valence-corrected chi connectivity index (χ1v) is 6.82. The highest BCUT2D eigenvalue weighted by Crippen LogP contribution is 2.32. The molecule has 2 aliphatic heterocycles. The van der Waals surface area contributed by atoms with Gasteiger partial charge in [0.05, 0.1) is 0 Å². The van der Waals surface area contributed by atoms with Crippen LogP contribution < -0.4 is 10.2 Å². The standard InChI is InChI=1S/C13H13N5S/c19-13-16-12(15-11-14-6-8-18(11)13)17-7-5-9-3-1-2-4-10(9)17/h1-4H,5-8H2,(H,14,15,16,19). The maximum atomic E-state index is 5.35. The Kier molecular flexibility index (Phi) is 2.32. The number of para-hydroxylation sites is 1. The predicted octanol–water partition coefficient (Wildman–Crippen LogP) is 2.13. The monoisotopic (exact) mass is 271 g/mol. The molecule has 5 nitrogen and oxygen atoms in total. The van der Waals surface area contributed by atoms with Crippen molar-refractivity contribution in [2.24, 2.45) is 0 Å². The van der Waals surface area contributed by atoms with E-state index in [2.05, 4.69) is 38.4 Å². The van der Waals surface area contributed by atoms with Crippen LogP contribution in [-0.4, -0.2) is 27.6 Å². The van der Waals surface area contributed by atoms with Crippen molar-refractivity contribution in [1.29, 1.82) is 0 Å². The van der Waals surface area contributed by atoms with E-state index in [9.17, 15) is 0 Å². The van der Waals surface area contributed by atoms with Crippen LogP contribution in [-0.2, 0) is 13.0 Å². The number of nitrogens with one attached hydrogen (secondary N) is 1. The van der Waals surface area contributed by atoms with Crippen molar-refractivity contribution >= 4 is 29.8 Å². The Labute approximate surface area is 115 Å². The normalized spacial score (nSPS) is 16.1. The van der Waals surface area contributed by atoms with E-state index in [1.807, 2.05) is 10.6 Å². The molecule has 0 spiro atoms. The number of rotatable bonds is 1. The van der Waals surface area contributed by atoms with Crippen LogP contribution in [0.1, 0.15) is 5.56 Å². The summed E-state index contributed by atoms with van der Waals surface area (Å²) < 4.78 is 2.55. The Morgan fingerprint density at radius 1 is 1.16 bits per heavy atom. The van der Waals surface area contributed by atoms with Crippen LogP contribution >= 0.6 is 12.2 Å². The lowest BCUT2D eigenvalue weighted by atomic mass is 10.2. The van der Waals surface area contributed by atoms with Crippen molar-refractivity contribution in [2.45, 2.75) is 13.0 Å². The van der Waals surface area contributed by atoms with Gasteiger partial charge in [0.1, 0.15) is 0 Å². The molecule has 0 atom stereocenters. The lowest BCUT2D eigenvalue weighted by Gasteiger charge is -2.17. The molecule has 1 N–H and O–H groups in total. The fourth-order valence-electron chi connectivity index (χ4n) is 2.70. The van der Waals surface area contributed by atoms with Gasteiger partial charge in [0.25, 0.3) is 0 Å². The zero-order valence-corrected chi connectivity index (χ0v) is 11.2. The fraction of sp³-hybridized carbons (Fsp3) is 0.308. The number of nitrogens with zero attached hydrogens (tertiary/aromatic N) is 4. The molecule has 19 heavy (non-hydrogen) atoms. The summed E-state index contributed by atoms with van der Waals surface area (Å²) >= 11 is 5.35. The molecule has 2 aliphatic rings. The SMILES string of the molecule is S=c1nc(N2CCc3ccccc32)nc2n1CCN2. The van der Waals surface area contributed by atoms with Crippen molar-refractivity contribution < 1.29 is 0 Å². The maximum absolute atomic E-state index is 5.35. The number of hydrogen-bond donors (Lipinski definition) is 1. The lowest BCUT2D eigenvalue weighted by Crippen LogP contribution is -2.18. The van der Waals surface area contributed by atoms with E-state index in [1.165, 1.54) is 11.3 Å². The van der Waals surface area contributed by atoms with Crippen molar-refractivity contribution in [1.82, 2.24) is 14.5 Å². The Morgan fingerprint density at radius 3 is 3.00 bits per heavy atom. The fourth-order valence-corrected chi connectivity index (χ4v) is 2.96. The van der Waals surface area contributed by atoms with Gasteiger partial charge in [0.15, 0.2) is 0 Å². The van der Waals surface area contributed by atoms with Crippen LogP contribution in [0.2, 0.25) is 0 Å². The summed E-state index contributed by atoms with van der Waals surface area (Å²) in [6.07, 6.45) is 1.03. The van der Waals surface area contributed by atoms with E-state index in [0.29, 0.717) is 10.7 Å². The molecule has 0 unspecified atom stereocenters. The van der Waals surface area contributed by atoms with Gasteiger partial charge in [0, 0.05) is 25.3 Å². The minimum atomic E-state index is 0.606. The van der Waals surface area contributed by atoms with Gasteiger partial charge in [-0.1, -0.05) is 18.2 Å². The van der Waals surface area contributed by atoms with E-state index in [-0.39, 0.29) is 0 Å². The number of benzene rings is 1. The van der Waals surface area contributed by atoms with Gasteiger partial charge in [-0.3, -0.25) is 4.57 Å². The average Bonchev–Trinajstić information content (AvgIpc) is 3.04. The average molecular weight is 271 g/mol. The third kappa shape index (κ3) is 1.63. The Hall–Kier alpha value is -1.95. The molecule has 96 valence electrons. The van der Waals surface area contributed by atoms with E-state index < -0.39 is 0 Å². The van der Waals surface area contributed by atoms with Crippen LogP contribution in [0.25, 0.3) is 0 Å². The summed E-state index contributed by atoms with van der Waals surface area (Å²) in [5, 5.41) is 3.25. The number of fused-ring (bicyclic) bond motifs is 2. The van der Waals surface area contributed by atoms with Crippen molar-refractivity contribution in [2.75, 3.05) is 23.3 Å². The molecule has 0 aliphatic carbocycles. The Morgan fingerprint density at radius 2 is 2.05 bits per heavy atom. The van der Waals surface area contributed by atoms with Crippen molar-refractivity contribution in [3.05, 3.63) is 34.6 Å². The van der Waals surface area contributed by atoms with Gasteiger partial charge in [-0.15, -0.1) is 0 Å². The van der Waals surface area contributed by atoms with Gasteiger partial charge in [-0.25, -0.2) is 0 Å². The quantitative estimate of drug-likeness (QED) is 0.805. The van der Waals surface area contributed by atoms with E-state index in [4.69, 9.17) is 12.2 Å². The summed E-state index contributed by atoms with van der Waals surface area (Å²) in [6.45, 7) is 2.64. The van der Waals surface area contributed by atoms with Gasteiger partial charge in [-0.05, 0) is 30.3 Å². The highest BCUT2D eigenvalue weighted by atomic mass is 32.1.